The summed E-state index contributed by atoms with van der Waals surface area (Å²) in [5.74, 6) is 0.222. The van der Waals surface area contributed by atoms with Gasteiger partial charge in [-0.1, -0.05) is 30.3 Å². The van der Waals surface area contributed by atoms with E-state index in [-0.39, 0.29) is 17.9 Å². The lowest BCUT2D eigenvalue weighted by Crippen LogP contribution is -2.19. The first-order chi connectivity index (χ1) is 11.2. The van der Waals surface area contributed by atoms with E-state index in [0.717, 1.165) is 18.6 Å². The van der Waals surface area contributed by atoms with Crippen molar-refractivity contribution in [2.45, 2.75) is 25.4 Å². The van der Waals surface area contributed by atoms with Gasteiger partial charge in [0.1, 0.15) is 6.10 Å². The number of pyridine rings is 1. The van der Waals surface area contributed by atoms with Crippen molar-refractivity contribution in [2.75, 3.05) is 18.5 Å². The van der Waals surface area contributed by atoms with Crippen molar-refractivity contribution in [1.82, 2.24) is 4.98 Å². The number of anilines is 1. The van der Waals surface area contributed by atoms with E-state index in [1.54, 1.807) is 18.3 Å². The molecule has 3 rings (SSSR count). The van der Waals surface area contributed by atoms with Gasteiger partial charge in [-0.15, -0.1) is 0 Å². The van der Waals surface area contributed by atoms with Crippen molar-refractivity contribution in [3.05, 3.63) is 54.2 Å². The maximum Gasteiger partial charge on any atom is 0.231 e. The van der Waals surface area contributed by atoms with E-state index >= 15 is 0 Å². The van der Waals surface area contributed by atoms with Gasteiger partial charge < -0.3 is 14.8 Å². The number of carbonyl (C=O) groups is 1. The second kappa shape index (κ2) is 7.24. The Hall–Kier alpha value is -2.40. The van der Waals surface area contributed by atoms with Crippen LogP contribution in [0.25, 0.3) is 0 Å². The molecule has 1 aromatic heterocycles. The topological polar surface area (TPSA) is 60.5 Å². The molecule has 1 aromatic carbocycles. The second-order valence-electron chi connectivity index (χ2n) is 5.61. The molecule has 0 saturated carbocycles. The van der Waals surface area contributed by atoms with E-state index in [0.29, 0.717) is 18.2 Å². The molecular formula is C18H20N2O3. The fourth-order valence-corrected chi connectivity index (χ4v) is 2.47. The molecule has 1 aliphatic rings. The smallest absolute Gasteiger partial charge is 0.231 e. The number of hydrogen-bond acceptors (Lipinski definition) is 4. The van der Waals surface area contributed by atoms with Gasteiger partial charge in [0, 0.05) is 24.4 Å². The minimum Gasteiger partial charge on any atom is -0.472 e. The Labute approximate surface area is 135 Å². The average molecular weight is 312 g/mol. The van der Waals surface area contributed by atoms with Crippen LogP contribution >= 0.6 is 0 Å². The highest BCUT2D eigenvalue weighted by molar-refractivity contribution is 5.95. The molecule has 120 valence electrons. The first-order valence-corrected chi connectivity index (χ1v) is 7.78. The number of rotatable bonds is 5. The number of nitrogens with one attached hydrogen (secondary N) is 1. The molecule has 0 unspecified atom stereocenters. The Balaban J connectivity index is 1.64. The zero-order valence-corrected chi connectivity index (χ0v) is 13.1. The molecule has 0 radical (unpaired) electrons. The summed E-state index contributed by atoms with van der Waals surface area (Å²) in [6.07, 6.45) is 2.54. The summed E-state index contributed by atoms with van der Waals surface area (Å²) in [6.45, 7) is 3.19. The molecule has 2 atom stereocenters. The van der Waals surface area contributed by atoms with E-state index in [9.17, 15) is 4.79 Å². The zero-order chi connectivity index (χ0) is 16.1. The summed E-state index contributed by atoms with van der Waals surface area (Å²) in [5.41, 5.74) is 1.67. The summed E-state index contributed by atoms with van der Waals surface area (Å²) in [4.78, 5) is 16.6. The third-order valence-corrected chi connectivity index (χ3v) is 3.87. The molecule has 5 nitrogen and oxygen atoms in total. The molecule has 2 heterocycles. The summed E-state index contributed by atoms with van der Waals surface area (Å²) < 4.78 is 11.0. The molecule has 23 heavy (non-hydrogen) atoms. The van der Waals surface area contributed by atoms with Gasteiger partial charge in [0.15, 0.2) is 0 Å². The number of aromatic nitrogens is 1. The van der Waals surface area contributed by atoms with Crippen LogP contribution in [0, 0.1) is 0 Å². The third kappa shape index (κ3) is 4.07. The van der Waals surface area contributed by atoms with Crippen LogP contribution in [0.15, 0.2) is 48.7 Å². The fourth-order valence-electron chi connectivity index (χ4n) is 2.47. The van der Waals surface area contributed by atoms with Gasteiger partial charge in [-0.2, -0.15) is 0 Å². The van der Waals surface area contributed by atoms with E-state index in [4.69, 9.17) is 9.47 Å². The third-order valence-electron chi connectivity index (χ3n) is 3.87. The zero-order valence-electron chi connectivity index (χ0n) is 13.1. The number of benzene rings is 1. The Kier molecular flexibility index (Phi) is 4.88. The molecule has 1 N–H and O–H groups in total. The van der Waals surface area contributed by atoms with Gasteiger partial charge in [-0.25, -0.2) is 4.98 Å². The number of amides is 1. The highest BCUT2D eigenvalue weighted by atomic mass is 16.5. The van der Waals surface area contributed by atoms with Crippen LogP contribution in [0.2, 0.25) is 0 Å². The maximum atomic E-state index is 12.4. The Bertz CT molecular complexity index is 654. The van der Waals surface area contributed by atoms with Gasteiger partial charge in [0.25, 0.3) is 0 Å². The molecule has 1 aliphatic heterocycles. The molecule has 5 heteroatoms. The fraction of sp³-hybridized carbons (Fsp3) is 0.333. The first kappa shape index (κ1) is 15.5. The number of hydrogen-bond donors (Lipinski definition) is 1. The number of ether oxygens (including phenoxy) is 2. The monoisotopic (exact) mass is 312 g/mol. The van der Waals surface area contributed by atoms with E-state index in [1.165, 1.54) is 0 Å². The molecule has 1 saturated heterocycles. The minimum absolute atomic E-state index is 0.0386. The number of nitrogens with zero attached hydrogens (tertiary/aromatic N) is 1. The van der Waals surface area contributed by atoms with Gasteiger partial charge in [0.05, 0.1) is 19.1 Å². The van der Waals surface area contributed by atoms with Crippen LogP contribution < -0.4 is 10.1 Å². The molecule has 1 amide bonds. The SMILES string of the molecule is C[C@H](C(=O)Nc1ccnc(O[C@@H]2CCOC2)c1)c1ccccc1. The standard InChI is InChI=1S/C18H20N2O3/c1-13(14-5-3-2-4-6-14)18(21)20-15-7-9-19-17(11-15)23-16-8-10-22-12-16/h2-7,9,11,13,16H,8,10,12H2,1H3,(H,19,20,21)/t13-,16+/m0/s1. The lowest BCUT2D eigenvalue weighted by atomic mass is 10.0. The van der Waals surface area contributed by atoms with Crippen molar-refractivity contribution in [1.29, 1.82) is 0 Å². The van der Waals surface area contributed by atoms with Crippen LogP contribution in [0.4, 0.5) is 5.69 Å². The van der Waals surface area contributed by atoms with Crippen molar-refractivity contribution < 1.29 is 14.3 Å². The van der Waals surface area contributed by atoms with Crippen molar-refractivity contribution >= 4 is 11.6 Å². The van der Waals surface area contributed by atoms with Gasteiger partial charge >= 0.3 is 0 Å². The highest BCUT2D eigenvalue weighted by Gasteiger charge is 2.19. The van der Waals surface area contributed by atoms with E-state index in [1.807, 2.05) is 37.3 Å². The first-order valence-electron chi connectivity index (χ1n) is 7.78. The molecule has 0 spiro atoms. The van der Waals surface area contributed by atoms with Crippen LogP contribution in [0.3, 0.4) is 0 Å². The van der Waals surface area contributed by atoms with E-state index in [2.05, 4.69) is 10.3 Å². The van der Waals surface area contributed by atoms with Crippen molar-refractivity contribution in [3.8, 4) is 5.88 Å². The predicted molar refractivity (Wildman–Crippen MR) is 87.6 cm³/mol. The van der Waals surface area contributed by atoms with Crippen molar-refractivity contribution in [3.63, 3.8) is 0 Å². The number of carbonyl (C=O) groups excluding carboxylic acids is 1. The largest absolute Gasteiger partial charge is 0.472 e. The molecular weight excluding hydrogens is 292 g/mol. The predicted octanol–water partition coefficient (Wildman–Crippen LogP) is 2.99. The van der Waals surface area contributed by atoms with Gasteiger partial charge in [0.2, 0.25) is 11.8 Å². The van der Waals surface area contributed by atoms with Crippen LogP contribution in [0.1, 0.15) is 24.8 Å². The average Bonchev–Trinajstić information content (AvgIpc) is 3.08. The summed E-state index contributed by atoms with van der Waals surface area (Å²) in [5, 5.41) is 2.92. The summed E-state index contributed by atoms with van der Waals surface area (Å²) in [6, 6.07) is 13.2. The maximum absolute atomic E-state index is 12.4. The Morgan fingerprint density at radius 3 is 2.91 bits per heavy atom. The lowest BCUT2D eigenvalue weighted by molar-refractivity contribution is -0.117. The summed E-state index contributed by atoms with van der Waals surface area (Å²) >= 11 is 0. The normalized spacial score (nSPS) is 18.4. The van der Waals surface area contributed by atoms with E-state index < -0.39 is 0 Å². The molecule has 1 fully saturated rings. The van der Waals surface area contributed by atoms with Crippen LogP contribution in [-0.4, -0.2) is 30.2 Å². The Morgan fingerprint density at radius 1 is 1.35 bits per heavy atom. The molecule has 0 bridgehead atoms. The van der Waals surface area contributed by atoms with Crippen molar-refractivity contribution in [2.24, 2.45) is 0 Å². The molecule has 0 aliphatic carbocycles. The Morgan fingerprint density at radius 2 is 2.17 bits per heavy atom. The summed E-state index contributed by atoms with van der Waals surface area (Å²) in [7, 11) is 0. The quantitative estimate of drug-likeness (QED) is 0.922. The van der Waals surface area contributed by atoms with Gasteiger partial charge in [-0.3, -0.25) is 4.79 Å². The molecule has 2 aromatic rings. The second-order valence-corrected chi connectivity index (χ2v) is 5.61. The van der Waals surface area contributed by atoms with Crippen LogP contribution in [-0.2, 0) is 9.53 Å². The highest BCUT2D eigenvalue weighted by Crippen LogP contribution is 2.21. The minimum atomic E-state index is -0.225. The van der Waals surface area contributed by atoms with Gasteiger partial charge in [-0.05, 0) is 18.6 Å². The lowest BCUT2D eigenvalue weighted by Gasteiger charge is -2.14. The van der Waals surface area contributed by atoms with Crippen LogP contribution in [0.5, 0.6) is 5.88 Å².